The Morgan fingerprint density at radius 3 is 2.22 bits per heavy atom. The number of nitrogens with zero attached hydrogens (tertiary/aromatic N) is 1. The maximum Gasteiger partial charge on any atom is 0.446 e. The number of hydrogen-bond donors (Lipinski definition) is 2. The molecule has 2 fully saturated rings. The van der Waals surface area contributed by atoms with E-state index in [2.05, 4.69) is 0 Å². The SMILES string of the molecule is O=C1N[C@@](O)(C(F)(F)F)C(=O)N1C1CCCCC1. The molecule has 2 aliphatic rings. The molecule has 0 aromatic carbocycles. The van der Waals surface area contributed by atoms with E-state index >= 15 is 0 Å². The summed E-state index contributed by atoms with van der Waals surface area (Å²) in [5, 5.41) is 10.7. The van der Waals surface area contributed by atoms with Crippen LogP contribution in [0, 0.1) is 0 Å². The number of imide groups is 1. The second-order valence-corrected chi connectivity index (χ2v) is 4.61. The van der Waals surface area contributed by atoms with Gasteiger partial charge in [0.05, 0.1) is 0 Å². The number of carbonyl (C=O) groups is 2. The molecule has 0 aromatic rings. The molecule has 0 spiro atoms. The molecule has 1 saturated heterocycles. The molecule has 5 nitrogen and oxygen atoms in total. The van der Waals surface area contributed by atoms with Crippen molar-refractivity contribution < 1.29 is 27.9 Å². The van der Waals surface area contributed by atoms with E-state index < -0.39 is 29.9 Å². The Kier molecular flexibility index (Phi) is 3.00. The molecule has 1 heterocycles. The van der Waals surface area contributed by atoms with Crippen molar-refractivity contribution in [3.05, 3.63) is 0 Å². The topological polar surface area (TPSA) is 69.6 Å². The zero-order chi connectivity index (χ0) is 13.6. The van der Waals surface area contributed by atoms with E-state index in [9.17, 15) is 27.9 Å². The first-order chi connectivity index (χ1) is 8.27. The Balaban J connectivity index is 2.24. The molecule has 1 aliphatic carbocycles. The minimum atomic E-state index is -5.22. The molecule has 1 aliphatic heterocycles. The van der Waals surface area contributed by atoms with Crippen molar-refractivity contribution in [3.8, 4) is 0 Å². The van der Waals surface area contributed by atoms with Crippen LogP contribution >= 0.6 is 0 Å². The van der Waals surface area contributed by atoms with Gasteiger partial charge in [-0.15, -0.1) is 0 Å². The fourth-order valence-electron chi connectivity index (χ4n) is 2.40. The third-order valence-electron chi connectivity index (χ3n) is 3.39. The predicted molar refractivity (Wildman–Crippen MR) is 53.3 cm³/mol. The summed E-state index contributed by atoms with van der Waals surface area (Å²) in [7, 11) is 0. The van der Waals surface area contributed by atoms with Crippen LogP contribution in [0.25, 0.3) is 0 Å². The van der Waals surface area contributed by atoms with Gasteiger partial charge in [-0.2, -0.15) is 13.2 Å². The van der Waals surface area contributed by atoms with Gasteiger partial charge < -0.3 is 5.11 Å². The van der Waals surface area contributed by atoms with Crippen LogP contribution in [-0.4, -0.2) is 39.9 Å². The molecule has 3 amide bonds. The van der Waals surface area contributed by atoms with Crippen molar-refractivity contribution in [2.45, 2.75) is 50.0 Å². The van der Waals surface area contributed by atoms with Gasteiger partial charge in [0.2, 0.25) is 0 Å². The lowest BCUT2D eigenvalue weighted by molar-refractivity contribution is -0.255. The number of nitrogens with one attached hydrogen (secondary N) is 1. The van der Waals surface area contributed by atoms with Crippen molar-refractivity contribution in [2.75, 3.05) is 0 Å². The van der Waals surface area contributed by atoms with Crippen LogP contribution < -0.4 is 5.32 Å². The molecule has 18 heavy (non-hydrogen) atoms. The van der Waals surface area contributed by atoms with Crippen molar-refractivity contribution >= 4 is 11.9 Å². The fraction of sp³-hybridized carbons (Fsp3) is 0.800. The molecule has 0 unspecified atom stereocenters. The summed E-state index contributed by atoms with van der Waals surface area (Å²) in [5.74, 6) is -1.62. The second kappa shape index (κ2) is 4.11. The predicted octanol–water partition coefficient (Wildman–Crippen LogP) is 1.12. The lowest BCUT2D eigenvalue weighted by Crippen LogP contribution is -2.59. The molecule has 1 saturated carbocycles. The number of rotatable bonds is 1. The number of alkyl halides is 3. The van der Waals surface area contributed by atoms with Crippen LogP contribution in [0.1, 0.15) is 32.1 Å². The van der Waals surface area contributed by atoms with Gasteiger partial charge in [-0.3, -0.25) is 15.0 Å². The largest absolute Gasteiger partial charge is 0.446 e. The van der Waals surface area contributed by atoms with Crippen LogP contribution in [-0.2, 0) is 4.79 Å². The lowest BCUT2D eigenvalue weighted by Gasteiger charge is -2.29. The van der Waals surface area contributed by atoms with E-state index in [0.717, 1.165) is 19.3 Å². The molecule has 102 valence electrons. The average molecular weight is 266 g/mol. The highest BCUT2D eigenvalue weighted by Gasteiger charge is 2.68. The first-order valence-corrected chi connectivity index (χ1v) is 5.72. The Hall–Kier alpha value is -1.31. The van der Waals surface area contributed by atoms with E-state index in [1.54, 1.807) is 0 Å². The summed E-state index contributed by atoms with van der Waals surface area (Å²) in [5.41, 5.74) is -3.78. The van der Waals surface area contributed by atoms with E-state index in [1.807, 2.05) is 0 Å². The molecule has 1 atom stereocenters. The van der Waals surface area contributed by atoms with Crippen LogP contribution in [0.3, 0.4) is 0 Å². The maximum absolute atomic E-state index is 12.6. The van der Waals surface area contributed by atoms with Gasteiger partial charge in [0.1, 0.15) is 0 Å². The molecule has 0 aromatic heterocycles. The summed E-state index contributed by atoms with van der Waals surface area (Å²) in [6.45, 7) is 0. The minimum Gasteiger partial charge on any atom is -0.356 e. The van der Waals surface area contributed by atoms with E-state index in [0.29, 0.717) is 17.7 Å². The molecular formula is C10H13F3N2O3. The molecule has 2 N–H and O–H groups in total. The zero-order valence-electron chi connectivity index (χ0n) is 9.46. The average Bonchev–Trinajstić information content (AvgIpc) is 2.51. The normalized spacial score (nSPS) is 30.8. The monoisotopic (exact) mass is 266 g/mol. The Bertz CT molecular complexity index is 379. The van der Waals surface area contributed by atoms with E-state index in [4.69, 9.17) is 0 Å². The van der Waals surface area contributed by atoms with Gasteiger partial charge in [-0.1, -0.05) is 19.3 Å². The van der Waals surface area contributed by atoms with Crippen molar-refractivity contribution in [2.24, 2.45) is 0 Å². The third kappa shape index (κ3) is 1.84. The lowest BCUT2D eigenvalue weighted by atomic mass is 9.94. The van der Waals surface area contributed by atoms with E-state index in [1.165, 1.54) is 5.32 Å². The molecule has 0 radical (unpaired) electrons. The van der Waals surface area contributed by atoms with Crippen LogP contribution in [0.15, 0.2) is 0 Å². The van der Waals surface area contributed by atoms with Gasteiger partial charge in [0.15, 0.2) is 0 Å². The Morgan fingerprint density at radius 1 is 1.22 bits per heavy atom. The fourth-order valence-corrected chi connectivity index (χ4v) is 2.40. The smallest absolute Gasteiger partial charge is 0.356 e. The number of aliphatic hydroxyl groups is 1. The zero-order valence-corrected chi connectivity index (χ0v) is 9.46. The third-order valence-corrected chi connectivity index (χ3v) is 3.39. The summed E-state index contributed by atoms with van der Waals surface area (Å²) in [6, 6.07) is -1.73. The summed E-state index contributed by atoms with van der Waals surface area (Å²) >= 11 is 0. The van der Waals surface area contributed by atoms with Gasteiger partial charge in [0, 0.05) is 6.04 Å². The quantitative estimate of drug-likeness (QED) is 0.699. The summed E-state index contributed by atoms with van der Waals surface area (Å²) < 4.78 is 37.8. The maximum atomic E-state index is 12.6. The van der Waals surface area contributed by atoms with Gasteiger partial charge >= 0.3 is 17.9 Å². The highest BCUT2D eigenvalue weighted by atomic mass is 19.4. The van der Waals surface area contributed by atoms with Crippen molar-refractivity contribution in [1.29, 1.82) is 0 Å². The molecule has 0 bridgehead atoms. The van der Waals surface area contributed by atoms with Crippen LogP contribution in [0.4, 0.5) is 18.0 Å². The minimum absolute atomic E-state index is 0.479. The first kappa shape index (κ1) is 13.1. The van der Waals surface area contributed by atoms with Gasteiger partial charge in [0.25, 0.3) is 5.91 Å². The second-order valence-electron chi connectivity index (χ2n) is 4.61. The summed E-state index contributed by atoms with van der Waals surface area (Å²) in [6.07, 6.45) is -1.81. The number of amides is 3. The molecular weight excluding hydrogens is 253 g/mol. The number of carbonyl (C=O) groups excluding carboxylic acids is 2. The standard InChI is InChI=1S/C10H13F3N2O3/c11-10(12,13)9(18)7(16)15(8(17)14-9)6-4-2-1-3-5-6/h6,18H,1-5H2,(H,14,17)/t9-/m0/s1. The highest BCUT2D eigenvalue weighted by Crippen LogP contribution is 2.36. The first-order valence-electron chi connectivity index (χ1n) is 5.72. The van der Waals surface area contributed by atoms with Gasteiger partial charge in [-0.25, -0.2) is 4.79 Å². The number of hydrogen-bond acceptors (Lipinski definition) is 3. The molecule has 8 heteroatoms. The highest BCUT2D eigenvalue weighted by molar-refractivity contribution is 6.06. The Morgan fingerprint density at radius 2 is 1.78 bits per heavy atom. The number of halogens is 3. The van der Waals surface area contributed by atoms with Crippen molar-refractivity contribution in [3.63, 3.8) is 0 Å². The van der Waals surface area contributed by atoms with Gasteiger partial charge in [-0.05, 0) is 12.8 Å². The van der Waals surface area contributed by atoms with E-state index in [-0.39, 0.29) is 0 Å². The Labute approximate surface area is 101 Å². The number of urea groups is 1. The molecule has 2 rings (SSSR count). The van der Waals surface area contributed by atoms with Crippen molar-refractivity contribution in [1.82, 2.24) is 10.2 Å². The van der Waals surface area contributed by atoms with Crippen LogP contribution in [0.5, 0.6) is 0 Å². The summed E-state index contributed by atoms with van der Waals surface area (Å²) in [4.78, 5) is 23.7. The van der Waals surface area contributed by atoms with Crippen LogP contribution in [0.2, 0.25) is 0 Å².